The maximum atomic E-state index is 6.04. The number of methoxy groups -OCH3 is 1. The van der Waals surface area contributed by atoms with Gasteiger partial charge in [-0.3, -0.25) is 0 Å². The Kier molecular flexibility index (Phi) is 5.52. The fourth-order valence-electron chi connectivity index (χ4n) is 1.32. The van der Waals surface area contributed by atoms with Gasteiger partial charge in [-0.2, -0.15) is 0 Å². The molecule has 0 aromatic carbocycles. The highest BCUT2D eigenvalue weighted by Gasteiger charge is 2.06. The van der Waals surface area contributed by atoms with Gasteiger partial charge in [-0.05, 0) is 19.2 Å². The Morgan fingerprint density at radius 1 is 1.50 bits per heavy atom. The van der Waals surface area contributed by atoms with Gasteiger partial charge >= 0.3 is 0 Å². The predicted molar refractivity (Wildman–Crippen MR) is 67.2 cm³/mol. The summed E-state index contributed by atoms with van der Waals surface area (Å²) >= 11 is 6.04. The zero-order chi connectivity index (χ0) is 12.0. The van der Waals surface area contributed by atoms with Gasteiger partial charge in [0.25, 0.3) is 0 Å². The van der Waals surface area contributed by atoms with Gasteiger partial charge in [0.15, 0.2) is 0 Å². The van der Waals surface area contributed by atoms with Crippen LogP contribution in [0.2, 0.25) is 5.02 Å². The number of ether oxygens (including phenoxy) is 1. The predicted octanol–water partition coefficient (Wildman–Crippen LogP) is 1.54. The molecule has 5 heteroatoms. The van der Waals surface area contributed by atoms with Crippen LogP contribution in [0.25, 0.3) is 0 Å². The van der Waals surface area contributed by atoms with Crippen molar-refractivity contribution < 1.29 is 4.74 Å². The Bertz CT molecular complexity index is 333. The largest absolute Gasteiger partial charge is 0.383 e. The molecule has 0 radical (unpaired) electrons. The van der Waals surface area contributed by atoms with Gasteiger partial charge in [-0.1, -0.05) is 11.6 Å². The molecule has 1 aromatic heterocycles. The first-order valence-corrected chi connectivity index (χ1v) is 5.57. The van der Waals surface area contributed by atoms with Crippen LogP contribution in [0, 0.1) is 0 Å². The van der Waals surface area contributed by atoms with Gasteiger partial charge in [0.1, 0.15) is 5.82 Å². The monoisotopic (exact) mass is 243 g/mol. The van der Waals surface area contributed by atoms with Crippen molar-refractivity contribution >= 4 is 17.4 Å². The smallest absolute Gasteiger partial charge is 0.128 e. The number of aromatic nitrogens is 1. The van der Waals surface area contributed by atoms with E-state index in [0.717, 1.165) is 18.1 Å². The van der Waals surface area contributed by atoms with Gasteiger partial charge in [-0.25, -0.2) is 4.98 Å². The summed E-state index contributed by atoms with van der Waals surface area (Å²) in [6.45, 7) is 2.16. The summed E-state index contributed by atoms with van der Waals surface area (Å²) < 4.78 is 5.03. The van der Waals surface area contributed by atoms with Crippen molar-refractivity contribution in [1.29, 1.82) is 0 Å². The van der Waals surface area contributed by atoms with E-state index in [9.17, 15) is 0 Å². The fourth-order valence-corrected chi connectivity index (χ4v) is 1.49. The lowest BCUT2D eigenvalue weighted by Crippen LogP contribution is -2.23. The number of nitrogens with one attached hydrogen (secondary N) is 1. The third-order valence-corrected chi connectivity index (χ3v) is 2.61. The minimum Gasteiger partial charge on any atom is -0.383 e. The molecule has 0 amide bonds. The van der Waals surface area contributed by atoms with Gasteiger partial charge in [0.05, 0.1) is 17.3 Å². The maximum Gasteiger partial charge on any atom is 0.128 e. The third kappa shape index (κ3) is 3.63. The second-order valence-electron chi connectivity index (χ2n) is 3.54. The van der Waals surface area contributed by atoms with Crippen LogP contribution in [0.1, 0.15) is 5.69 Å². The van der Waals surface area contributed by atoms with Crippen LogP contribution >= 0.6 is 11.6 Å². The van der Waals surface area contributed by atoms with E-state index >= 15 is 0 Å². The van der Waals surface area contributed by atoms with E-state index in [1.54, 1.807) is 7.11 Å². The van der Waals surface area contributed by atoms with Crippen LogP contribution in [0.15, 0.2) is 12.1 Å². The van der Waals surface area contributed by atoms with E-state index in [-0.39, 0.29) is 0 Å². The van der Waals surface area contributed by atoms with Gasteiger partial charge in [0, 0.05) is 27.2 Å². The second kappa shape index (κ2) is 6.68. The van der Waals surface area contributed by atoms with E-state index in [1.807, 2.05) is 31.1 Å². The molecule has 0 aliphatic heterocycles. The molecular weight excluding hydrogens is 226 g/mol. The first-order valence-electron chi connectivity index (χ1n) is 5.19. The summed E-state index contributed by atoms with van der Waals surface area (Å²) in [5.41, 5.74) is 0.867. The lowest BCUT2D eigenvalue weighted by atomic mass is 10.3. The molecule has 0 atom stereocenters. The van der Waals surface area contributed by atoms with Crippen molar-refractivity contribution in [2.45, 2.75) is 6.54 Å². The Morgan fingerprint density at radius 3 is 2.88 bits per heavy atom. The van der Waals surface area contributed by atoms with Crippen molar-refractivity contribution in [3.8, 4) is 0 Å². The van der Waals surface area contributed by atoms with Crippen molar-refractivity contribution in [2.75, 3.05) is 39.3 Å². The van der Waals surface area contributed by atoms with E-state index in [1.165, 1.54) is 0 Å². The fraction of sp³-hybridized carbons (Fsp3) is 0.545. The summed E-state index contributed by atoms with van der Waals surface area (Å²) in [6.07, 6.45) is 0. The number of likely N-dealkylation sites (N-methyl/N-ethyl adjacent to an activating group) is 1. The Hall–Kier alpha value is -0.840. The Morgan fingerprint density at radius 2 is 2.25 bits per heavy atom. The molecule has 90 valence electrons. The molecule has 16 heavy (non-hydrogen) atoms. The zero-order valence-electron chi connectivity index (χ0n) is 9.96. The Labute approximate surface area is 102 Å². The van der Waals surface area contributed by atoms with Crippen LogP contribution in [0.3, 0.4) is 0 Å². The average Bonchev–Trinajstić information content (AvgIpc) is 2.29. The van der Waals surface area contributed by atoms with Crippen molar-refractivity contribution in [2.24, 2.45) is 0 Å². The summed E-state index contributed by atoms with van der Waals surface area (Å²) in [5.74, 6) is 0.909. The molecular formula is C11H18ClN3O. The van der Waals surface area contributed by atoms with Crippen LogP contribution in [0.5, 0.6) is 0 Å². The highest BCUT2D eigenvalue weighted by Crippen LogP contribution is 2.18. The molecule has 1 aromatic rings. The van der Waals surface area contributed by atoms with Crippen LogP contribution in [-0.2, 0) is 11.3 Å². The van der Waals surface area contributed by atoms with Crippen LogP contribution in [0.4, 0.5) is 5.82 Å². The summed E-state index contributed by atoms with van der Waals surface area (Å²) in [4.78, 5) is 6.53. The second-order valence-corrected chi connectivity index (χ2v) is 3.95. The standard InChI is InChI=1S/C11H18ClN3O/c1-13-8-10-9(12)4-5-11(14-10)15(2)6-7-16-3/h4-5,13H,6-8H2,1-3H3. The first-order chi connectivity index (χ1) is 7.69. The van der Waals surface area contributed by atoms with E-state index in [0.29, 0.717) is 18.2 Å². The molecule has 0 aliphatic rings. The molecule has 0 spiro atoms. The molecule has 1 N–H and O–H groups in total. The van der Waals surface area contributed by atoms with E-state index < -0.39 is 0 Å². The normalized spacial score (nSPS) is 10.5. The summed E-state index contributed by atoms with van der Waals surface area (Å²) in [7, 11) is 5.55. The average molecular weight is 244 g/mol. The number of hydrogen-bond donors (Lipinski definition) is 1. The maximum absolute atomic E-state index is 6.04. The number of pyridine rings is 1. The molecule has 0 saturated carbocycles. The van der Waals surface area contributed by atoms with Crippen molar-refractivity contribution in [1.82, 2.24) is 10.3 Å². The minimum absolute atomic E-state index is 0.671. The van der Waals surface area contributed by atoms with Gasteiger partial charge in [0.2, 0.25) is 0 Å². The summed E-state index contributed by atoms with van der Waals surface area (Å²) in [5, 5.41) is 3.74. The van der Waals surface area contributed by atoms with Gasteiger partial charge in [-0.15, -0.1) is 0 Å². The minimum atomic E-state index is 0.671. The molecule has 4 nitrogen and oxygen atoms in total. The Balaban J connectivity index is 2.76. The molecule has 0 saturated heterocycles. The number of halogens is 1. The molecule has 0 unspecified atom stereocenters. The zero-order valence-corrected chi connectivity index (χ0v) is 10.7. The third-order valence-electron chi connectivity index (χ3n) is 2.27. The number of nitrogens with zero attached hydrogens (tertiary/aromatic N) is 2. The molecule has 1 heterocycles. The SMILES string of the molecule is CNCc1nc(N(C)CCOC)ccc1Cl. The highest BCUT2D eigenvalue weighted by molar-refractivity contribution is 6.31. The van der Waals surface area contributed by atoms with E-state index in [4.69, 9.17) is 16.3 Å². The lowest BCUT2D eigenvalue weighted by molar-refractivity contribution is 0.206. The highest BCUT2D eigenvalue weighted by atomic mass is 35.5. The van der Waals surface area contributed by atoms with Crippen LogP contribution in [-0.4, -0.2) is 39.3 Å². The summed E-state index contributed by atoms with van der Waals surface area (Å²) in [6, 6.07) is 3.79. The van der Waals surface area contributed by atoms with E-state index in [2.05, 4.69) is 10.3 Å². The van der Waals surface area contributed by atoms with Crippen molar-refractivity contribution in [3.63, 3.8) is 0 Å². The molecule has 0 bridgehead atoms. The number of anilines is 1. The number of hydrogen-bond acceptors (Lipinski definition) is 4. The topological polar surface area (TPSA) is 37.4 Å². The molecule has 0 aliphatic carbocycles. The van der Waals surface area contributed by atoms with Crippen LogP contribution < -0.4 is 10.2 Å². The van der Waals surface area contributed by atoms with Gasteiger partial charge < -0.3 is 15.0 Å². The molecule has 0 fully saturated rings. The first kappa shape index (κ1) is 13.2. The van der Waals surface area contributed by atoms with Crippen molar-refractivity contribution in [3.05, 3.63) is 22.8 Å². The number of rotatable bonds is 6. The quantitative estimate of drug-likeness (QED) is 0.823. The molecule has 1 rings (SSSR count). The lowest BCUT2D eigenvalue weighted by Gasteiger charge is -2.18.